The Kier molecular flexibility index (Phi) is 4.39. The average Bonchev–Trinajstić information content (AvgIpc) is 2.47. The van der Waals surface area contributed by atoms with E-state index in [2.05, 4.69) is 10.9 Å². The molecule has 4 heteroatoms. The molecule has 2 aromatic rings. The molecule has 2 rings (SSSR count). The van der Waals surface area contributed by atoms with Crippen LogP contribution in [0.15, 0.2) is 60.8 Å². The number of benzene rings is 2. The number of hydrazine groups is 1. The largest absolute Gasteiger partial charge is 0.507 e. The van der Waals surface area contributed by atoms with Crippen LogP contribution in [0, 0.1) is 6.92 Å². The number of aromatic hydroxyl groups is 1. The van der Waals surface area contributed by atoms with E-state index >= 15 is 0 Å². The number of ketones is 1. The number of anilines is 1. The summed E-state index contributed by atoms with van der Waals surface area (Å²) in [6, 6.07) is 14.6. The predicted molar refractivity (Wildman–Crippen MR) is 79.5 cm³/mol. The van der Waals surface area contributed by atoms with Crippen LogP contribution in [-0.2, 0) is 0 Å². The van der Waals surface area contributed by atoms with Gasteiger partial charge >= 0.3 is 0 Å². The van der Waals surface area contributed by atoms with Crippen molar-refractivity contribution in [3.63, 3.8) is 0 Å². The van der Waals surface area contributed by atoms with Crippen LogP contribution in [0.4, 0.5) is 5.69 Å². The number of carbonyl (C=O) groups is 1. The summed E-state index contributed by atoms with van der Waals surface area (Å²) in [5, 5.41) is 9.81. The molecule has 4 nitrogen and oxygen atoms in total. The standard InChI is InChI=1S/C16H16N2O2/c1-12-6-5-9-14(16(12)20)15(19)10-11-17-18-13-7-3-2-4-8-13/h2-11,17-18,20H,1H3. The van der Waals surface area contributed by atoms with Crippen molar-refractivity contribution in [3.05, 3.63) is 71.9 Å². The van der Waals surface area contributed by atoms with Crippen LogP contribution in [0.2, 0.25) is 0 Å². The smallest absolute Gasteiger partial charge is 0.191 e. The first-order valence-corrected chi connectivity index (χ1v) is 6.24. The molecule has 0 bridgehead atoms. The zero-order valence-corrected chi connectivity index (χ0v) is 11.1. The molecule has 0 radical (unpaired) electrons. The molecule has 0 saturated carbocycles. The van der Waals surface area contributed by atoms with E-state index in [1.54, 1.807) is 25.1 Å². The second-order valence-electron chi connectivity index (χ2n) is 4.30. The van der Waals surface area contributed by atoms with Gasteiger partial charge in [0, 0.05) is 12.3 Å². The summed E-state index contributed by atoms with van der Waals surface area (Å²) in [6.07, 6.45) is 2.86. The van der Waals surface area contributed by atoms with Crippen molar-refractivity contribution in [2.75, 3.05) is 5.43 Å². The number of carbonyl (C=O) groups excluding carboxylic acids is 1. The van der Waals surface area contributed by atoms with Crippen LogP contribution in [-0.4, -0.2) is 10.9 Å². The van der Waals surface area contributed by atoms with Crippen molar-refractivity contribution >= 4 is 11.5 Å². The highest BCUT2D eigenvalue weighted by molar-refractivity contribution is 6.06. The second kappa shape index (κ2) is 6.43. The average molecular weight is 268 g/mol. The molecule has 0 aromatic heterocycles. The van der Waals surface area contributed by atoms with Gasteiger partial charge in [0.1, 0.15) is 5.75 Å². The van der Waals surface area contributed by atoms with Gasteiger partial charge in [0.25, 0.3) is 0 Å². The monoisotopic (exact) mass is 268 g/mol. The van der Waals surface area contributed by atoms with E-state index in [1.807, 2.05) is 30.3 Å². The fourth-order valence-corrected chi connectivity index (χ4v) is 1.71. The van der Waals surface area contributed by atoms with Crippen molar-refractivity contribution in [2.45, 2.75) is 6.92 Å². The first-order chi connectivity index (χ1) is 9.68. The molecule has 2 aromatic carbocycles. The summed E-state index contributed by atoms with van der Waals surface area (Å²) in [5.74, 6) is -0.230. The summed E-state index contributed by atoms with van der Waals surface area (Å²) < 4.78 is 0. The molecule has 0 unspecified atom stereocenters. The van der Waals surface area contributed by atoms with E-state index < -0.39 is 0 Å². The topological polar surface area (TPSA) is 61.4 Å². The van der Waals surface area contributed by atoms with Gasteiger partial charge in [0.2, 0.25) is 0 Å². The maximum absolute atomic E-state index is 11.9. The highest BCUT2D eigenvalue weighted by Gasteiger charge is 2.09. The Morgan fingerprint density at radius 2 is 1.85 bits per heavy atom. The third kappa shape index (κ3) is 3.38. The van der Waals surface area contributed by atoms with Crippen LogP contribution < -0.4 is 10.9 Å². The van der Waals surface area contributed by atoms with Gasteiger partial charge in [-0.2, -0.15) is 0 Å². The van der Waals surface area contributed by atoms with Crippen molar-refractivity contribution in [1.29, 1.82) is 0 Å². The normalized spacial score (nSPS) is 10.4. The SMILES string of the molecule is Cc1cccc(C(=O)C=CNNc2ccccc2)c1O. The molecule has 0 spiro atoms. The zero-order chi connectivity index (χ0) is 14.4. The summed E-state index contributed by atoms with van der Waals surface area (Å²) in [6.45, 7) is 1.75. The number of phenolic OH excluding ortho intramolecular Hbond substituents is 1. The quantitative estimate of drug-likeness (QED) is 0.443. The summed E-state index contributed by atoms with van der Waals surface area (Å²) in [7, 11) is 0. The summed E-state index contributed by atoms with van der Waals surface area (Å²) in [5.41, 5.74) is 7.60. The molecular weight excluding hydrogens is 252 g/mol. The number of hydrogen-bond acceptors (Lipinski definition) is 4. The van der Waals surface area contributed by atoms with Gasteiger partial charge in [-0.1, -0.05) is 30.3 Å². The lowest BCUT2D eigenvalue weighted by atomic mass is 10.1. The second-order valence-corrected chi connectivity index (χ2v) is 4.30. The van der Waals surface area contributed by atoms with Crippen LogP contribution in [0.3, 0.4) is 0 Å². The molecular formula is C16H16N2O2. The van der Waals surface area contributed by atoms with E-state index in [0.29, 0.717) is 11.1 Å². The van der Waals surface area contributed by atoms with Crippen molar-refractivity contribution < 1.29 is 9.90 Å². The number of hydrogen-bond donors (Lipinski definition) is 3. The number of nitrogens with one attached hydrogen (secondary N) is 2. The molecule has 0 aliphatic carbocycles. The molecule has 0 saturated heterocycles. The van der Waals surface area contributed by atoms with Gasteiger partial charge in [-0.05, 0) is 30.7 Å². The number of phenols is 1. The minimum atomic E-state index is -0.256. The first kappa shape index (κ1) is 13.7. The Morgan fingerprint density at radius 1 is 1.10 bits per heavy atom. The van der Waals surface area contributed by atoms with Crippen LogP contribution in [0.5, 0.6) is 5.75 Å². The Balaban J connectivity index is 1.94. The Labute approximate surface area is 117 Å². The Bertz CT molecular complexity index is 622. The third-order valence-corrected chi connectivity index (χ3v) is 2.81. The number of para-hydroxylation sites is 2. The number of allylic oxidation sites excluding steroid dienone is 1. The van der Waals surface area contributed by atoms with Crippen LogP contribution in [0.25, 0.3) is 0 Å². The van der Waals surface area contributed by atoms with Crippen LogP contribution in [0.1, 0.15) is 15.9 Å². The maximum atomic E-state index is 11.9. The first-order valence-electron chi connectivity index (χ1n) is 6.24. The molecule has 0 aliphatic rings. The molecule has 0 heterocycles. The van der Waals surface area contributed by atoms with Crippen molar-refractivity contribution in [1.82, 2.24) is 5.43 Å². The van der Waals surface area contributed by atoms with E-state index in [0.717, 1.165) is 5.69 Å². The molecule has 3 N–H and O–H groups in total. The van der Waals surface area contributed by atoms with E-state index in [1.165, 1.54) is 12.3 Å². The van der Waals surface area contributed by atoms with Gasteiger partial charge in [-0.25, -0.2) is 0 Å². The van der Waals surface area contributed by atoms with Gasteiger partial charge in [-0.3, -0.25) is 4.79 Å². The lowest BCUT2D eigenvalue weighted by Crippen LogP contribution is -2.14. The zero-order valence-electron chi connectivity index (χ0n) is 11.1. The van der Waals surface area contributed by atoms with Crippen molar-refractivity contribution in [3.8, 4) is 5.75 Å². The molecule has 0 atom stereocenters. The van der Waals surface area contributed by atoms with Gasteiger partial charge in [-0.15, -0.1) is 0 Å². The van der Waals surface area contributed by atoms with Crippen molar-refractivity contribution in [2.24, 2.45) is 0 Å². The molecule has 102 valence electrons. The van der Waals surface area contributed by atoms with E-state index in [-0.39, 0.29) is 11.5 Å². The number of aryl methyl sites for hydroxylation is 1. The highest BCUT2D eigenvalue weighted by Crippen LogP contribution is 2.21. The van der Waals surface area contributed by atoms with E-state index in [4.69, 9.17) is 0 Å². The lowest BCUT2D eigenvalue weighted by Gasteiger charge is -2.05. The summed E-state index contributed by atoms with van der Waals surface area (Å²) in [4.78, 5) is 11.9. The third-order valence-electron chi connectivity index (χ3n) is 2.81. The fourth-order valence-electron chi connectivity index (χ4n) is 1.71. The molecule has 0 amide bonds. The van der Waals surface area contributed by atoms with Gasteiger partial charge in [0.05, 0.1) is 11.3 Å². The predicted octanol–water partition coefficient (Wildman–Crippen LogP) is 3.01. The highest BCUT2D eigenvalue weighted by atomic mass is 16.3. The van der Waals surface area contributed by atoms with Gasteiger partial charge in [0.15, 0.2) is 5.78 Å². The molecule has 0 aliphatic heterocycles. The summed E-state index contributed by atoms with van der Waals surface area (Å²) >= 11 is 0. The van der Waals surface area contributed by atoms with Crippen LogP contribution >= 0.6 is 0 Å². The molecule has 0 fully saturated rings. The fraction of sp³-hybridized carbons (Fsp3) is 0.0625. The van der Waals surface area contributed by atoms with Gasteiger partial charge < -0.3 is 16.0 Å². The minimum Gasteiger partial charge on any atom is -0.507 e. The molecule has 20 heavy (non-hydrogen) atoms. The minimum absolute atomic E-state index is 0.0261. The van der Waals surface area contributed by atoms with E-state index in [9.17, 15) is 9.90 Å². The maximum Gasteiger partial charge on any atom is 0.191 e. The Morgan fingerprint density at radius 3 is 2.60 bits per heavy atom. The number of rotatable bonds is 5. The Hall–Kier alpha value is -2.75. The lowest BCUT2D eigenvalue weighted by molar-refractivity contribution is 0.104.